The Morgan fingerprint density at radius 2 is 2.04 bits per heavy atom. The van der Waals surface area contributed by atoms with Crippen LogP contribution in [0.1, 0.15) is 27.0 Å². The third kappa shape index (κ3) is 3.44. The van der Waals surface area contributed by atoms with Crippen molar-refractivity contribution in [3.05, 3.63) is 76.0 Å². The Balaban J connectivity index is 1.67. The van der Waals surface area contributed by atoms with E-state index in [4.69, 9.17) is 4.74 Å². The van der Waals surface area contributed by atoms with Gasteiger partial charge in [-0.3, -0.25) is 4.79 Å². The Morgan fingerprint density at radius 3 is 2.79 bits per heavy atom. The molecule has 1 fully saturated rings. The van der Waals surface area contributed by atoms with Crippen molar-refractivity contribution in [2.45, 2.75) is 12.3 Å². The molecule has 3 aromatic rings. The highest BCUT2D eigenvalue weighted by Crippen LogP contribution is 2.43. The van der Waals surface area contributed by atoms with Crippen LogP contribution in [0.4, 0.5) is 0 Å². The molecular weight excluding hydrogens is 438 g/mol. The molecule has 28 heavy (non-hydrogen) atoms. The number of carbonyl (C=O) groups excluding carboxylic acids is 1. The number of amides is 1. The molecule has 1 saturated heterocycles. The van der Waals surface area contributed by atoms with Gasteiger partial charge in [-0.2, -0.15) is 5.10 Å². The van der Waals surface area contributed by atoms with Gasteiger partial charge in [0.25, 0.3) is 5.91 Å². The minimum atomic E-state index is -0.0839. The van der Waals surface area contributed by atoms with Gasteiger partial charge in [0.2, 0.25) is 0 Å². The van der Waals surface area contributed by atoms with Gasteiger partial charge in [-0.15, -0.1) is 11.8 Å². The Morgan fingerprint density at radius 1 is 1.25 bits per heavy atom. The van der Waals surface area contributed by atoms with Gasteiger partial charge in [-0.05, 0) is 37.3 Å². The highest BCUT2D eigenvalue weighted by Gasteiger charge is 2.34. The molecule has 2 heterocycles. The second kappa shape index (κ2) is 8.01. The van der Waals surface area contributed by atoms with E-state index in [2.05, 4.69) is 21.0 Å². The number of methoxy groups -OCH3 is 1. The summed E-state index contributed by atoms with van der Waals surface area (Å²) in [5.41, 5.74) is 3.42. The van der Waals surface area contributed by atoms with Gasteiger partial charge in [-0.25, -0.2) is 4.68 Å². The molecule has 0 spiro atoms. The van der Waals surface area contributed by atoms with Gasteiger partial charge in [-0.1, -0.05) is 34.1 Å². The van der Waals surface area contributed by atoms with Crippen molar-refractivity contribution >= 4 is 33.6 Å². The first-order chi connectivity index (χ1) is 13.6. The van der Waals surface area contributed by atoms with E-state index in [-0.39, 0.29) is 11.3 Å². The molecule has 1 atom stereocenters. The van der Waals surface area contributed by atoms with Gasteiger partial charge in [0, 0.05) is 22.3 Å². The van der Waals surface area contributed by atoms with E-state index >= 15 is 0 Å². The quantitative estimate of drug-likeness (QED) is 0.562. The summed E-state index contributed by atoms with van der Waals surface area (Å²) < 4.78 is 8.32. The molecule has 2 aromatic carbocycles. The summed E-state index contributed by atoms with van der Waals surface area (Å²) in [7, 11) is 1.66. The van der Waals surface area contributed by atoms with Gasteiger partial charge in [0.05, 0.1) is 30.3 Å². The van der Waals surface area contributed by atoms with Crippen LogP contribution in [0.3, 0.4) is 0 Å². The number of hydrogen-bond donors (Lipinski definition) is 0. The number of hydrogen-bond acceptors (Lipinski definition) is 4. The Labute approximate surface area is 176 Å². The fourth-order valence-electron chi connectivity index (χ4n) is 3.44. The number of nitrogens with zero attached hydrogens (tertiary/aromatic N) is 3. The standard InChI is InChI=1S/C21H20BrN3O2S/c1-14-18(13-23-25(14)16-6-4-3-5-7-16)20(26)24-10-11-28-21(24)17-12-15(22)8-9-19(17)27-2/h3-9,12-13,21H,10-11H2,1-2H3. The zero-order valence-corrected chi connectivity index (χ0v) is 18.0. The second-order valence-corrected chi connectivity index (χ2v) is 8.60. The number of thioether (sulfide) groups is 1. The van der Waals surface area contributed by atoms with Crippen LogP contribution < -0.4 is 4.74 Å². The van der Waals surface area contributed by atoms with Crippen molar-refractivity contribution in [2.75, 3.05) is 19.4 Å². The van der Waals surface area contributed by atoms with Crippen LogP contribution in [0.25, 0.3) is 5.69 Å². The van der Waals surface area contributed by atoms with Crippen molar-refractivity contribution in [3.63, 3.8) is 0 Å². The summed E-state index contributed by atoms with van der Waals surface area (Å²) in [5, 5.41) is 4.37. The molecule has 1 aliphatic rings. The predicted molar refractivity (Wildman–Crippen MR) is 115 cm³/mol. The fraction of sp³-hybridized carbons (Fsp3) is 0.238. The average Bonchev–Trinajstić information content (AvgIpc) is 3.35. The molecule has 144 valence electrons. The van der Waals surface area contributed by atoms with Crippen molar-refractivity contribution in [2.24, 2.45) is 0 Å². The van der Waals surface area contributed by atoms with E-state index in [1.807, 2.05) is 65.0 Å². The molecule has 4 rings (SSSR count). The zero-order chi connectivity index (χ0) is 19.7. The fourth-order valence-corrected chi connectivity index (χ4v) is 5.09. The van der Waals surface area contributed by atoms with Crippen molar-refractivity contribution in [1.82, 2.24) is 14.7 Å². The molecule has 1 amide bonds. The normalized spacial score (nSPS) is 16.4. The number of ether oxygens (including phenoxy) is 1. The molecular formula is C21H20BrN3O2S. The van der Waals surface area contributed by atoms with Crippen molar-refractivity contribution < 1.29 is 9.53 Å². The molecule has 0 radical (unpaired) electrons. The van der Waals surface area contributed by atoms with Crippen LogP contribution in [0, 0.1) is 6.92 Å². The highest BCUT2D eigenvalue weighted by atomic mass is 79.9. The van der Waals surface area contributed by atoms with E-state index in [1.54, 1.807) is 25.1 Å². The predicted octanol–water partition coefficient (Wildman–Crippen LogP) is 4.84. The van der Waals surface area contributed by atoms with Crippen molar-refractivity contribution in [3.8, 4) is 11.4 Å². The minimum absolute atomic E-state index is 0.00305. The summed E-state index contributed by atoms with van der Waals surface area (Å²) in [4.78, 5) is 15.3. The average molecular weight is 458 g/mol. The molecule has 0 aliphatic carbocycles. The minimum Gasteiger partial charge on any atom is -0.496 e. The molecule has 1 aromatic heterocycles. The molecule has 5 nitrogen and oxygen atoms in total. The highest BCUT2D eigenvalue weighted by molar-refractivity contribution is 9.10. The Bertz CT molecular complexity index is 1010. The smallest absolute Gasteiger partial charge is 0.258 e. The number of halogens is 1. The van der Waals surface area contributed by atoms with Gasteiger partial charge in [0.15, 0.2) is 0 Å². The van der Waals surface area contributed by atoms with Gasteiger partial charge >= 0.3 is 0 Å². The maximum absolute atomic E-state index is 13.4. The zero-order valence-electron chi connectivity index (χ0n) is 15.6. The summed E-state index contributed by atoms with van der Waals surface area (Å²) in [6, 6.07) is 15.8. The number of rotatable bonds is 4. The lowest BCUT2D eigenvalue weighted by atomic mass is 10.1. The number of aromatic nitrogens is 2. The van der Waals surface area contributed by atoms with E-state index in [0.29, 0.717) is 12.1 Å². The SMILES string of the molecule is COc1ccc(Br)cc1C1SCCN1C(=O)c1cnn(-c2ccccc2)c1C. The maximum atomic E-state index is 13.4. The molecule has 0 N–H and O–H groups in total. The molecule has 0 saturated carbocycles. The number of benzene rings is 2. The summed E-state index contributed by atoms with van der Waals surface area (Å²) in [6.07, 6.45) is 1.67. The first kappa shape index (κ1) is 19.1. The number of carbonyl (C=O) groups is 1. The van der Waals surface area contributed by atoms with E-state index < -0.39 is 0 Å². The maximum Gasteiger partial charge on any atom is 0.258 e. The topological polar surface area (TPSA) is 47.4 Å². The van der Waals surface area contributed by atoms with E-state index in [0.717, 1.165) is 32.9 Å². The lowest BCUT2D eigenvalue weighted by Crippen LogP contribution is -2.31. The molecule has 1 aliphatic heterocycles. The monoisotopic (exact) mass is 457 g/mol. The first-order valence-corrected chi connectivity index (χ1v) is 10.8. The van der Waals surface area contributed by atoms with E-state index in [9.17, 15) is 4.79 Å². The molecule has 0 bridgehead atoms. The molecule has 7 heteroatoms. The van der Waals surface area contributed by atoms with Gasteiger partial charge in [0.1, 0.15) is 11.1 Å². The second-order valence-electron chi connectivity index (χ2n) is 6.50. The van der Waals surface area contributed by atoms with Crippen LogP contribution in [0.5, 0.6) is 5.75 Å². The third-order valence-electron chi connectivity index (χ3n) is 4.85. The largest absolute Gasteiger partial charge is 0.496 e. The lowest BCUT2D eigenvalue weighted by molar-refractivity contribution is 0.0758. The summed E-state index contributed by atoms with van der Waals surface area (Å²) in [6.45, 7) is 2.63. The molecule has 1 unspecified atom stereocenters. The summed E-state index contributed by atoms with van der Waals surface area (Å²) >= 11 is 5.28. The van der Waals surface area contributed by atoms with Crippen LogP contribution in [-0.2, 0) is 0 Å². The van der Waals surface area contributed by atoms with Gasteiger partial charge < -0.3 is 9.64 Å². The third-order valence-corrected chi connectivity index (χ3v) is 6.59. The van der Waals surface area contributed by atoms with Crippen molar-refractivity contribution in [1.29, 1.82) is 0 Å². The van der Waals surface area contributed by atoms with Crippen LogP contribution in [-0.4, -0.2) is 40.0 Å². The van der Waals surface area contributed by atoms with Crippen LogP contribution in [0.15, 0.2) is 59.2 Å². The first-order valence-electron chi connectivity index (χ1n) is 8.96. The van der Waals surface area contributed by atoms with E-state index in [1.165, 1.54) is 0 Å². The summed E-state index contributed by atoms with van der Waals surface area (Å²) in [5.74, 6) is 1.67. The van der Waals surface area contributed by atoms with Crippen LogP contribution in [0.2, 0.25) is 0 Å². The Kier molecular flexibility index (Phi) is 5.46. The Hall–Kier alpha value is -2.25. The number of para-hydroxylation sites is 1. The van der Waals surface area contributed by atoms with Crippen LogP contribution >= 0.6 is 27.7 Å². The lowest BCUT2D eigenvalue weighted by Gasteiger charge is -2.25.